The van der Waals surface area contributed by atoms with Crippen molar-refractivity contribution in [1.82, 2.24) is 0 Å². The first kappa shape index (κ1) is 14.2. The highest BCUT2D eigenvalue weighted by molar-refractivity contribution is 7.90. The van der Waals surface area contributed by atoms with Gasteiger partial charge in [-0.05, 0) is 42.0 Å². The van der Waals surface area contributed by atoms with Gasteiger partial charge >= 0.3 is 0 Å². The molecule has 1 heterocycles. The first-order valence-electron chi connectivity index (χ1n) is 6.05. The third-order valence-electron chi connectivity index (χ3n) is 3.00. The average Bonchev–Trinajstić information content (AvgIpc) is 2.88. The van der Waals surface area contributed by atoms with E-state index in [1.54, 1.807) is 29.5 Å². The number of benzene rings is 1. The van der Waals surface area contributed by atoms with Crippen LogP contribution in [-0.2, 0) is 16.3 Å². The second kappa shape index (κ2) is 5.86. The van der Waals surface area contributed by atoms with Crippen LogP contribution < -0.4 is 5.73 Å². The second-order valence-corrected chi connectivity index (χ2v) is 7.62. The Balaban J connectivity index is 2.09. The molecule has 1 aromatic carbocycles. The van der Waals surface area contributed by atoms with Crippen molar-refractivity contribution in [1.29, 1.82) is 0 Å². The van der Waals surface area contributed by atoms with E-state index in [2.05, 4.69) is 6.07 Å². The Kier molecular flexibility index (Phi) is 4.39. The van der Waals surface area contributed by atoms with Gasteiger partial charge in [0.1, 0.15) is 0 Å². The zero-order chi connectivity index (χ0) is 13.9. The van der Waals surface area contributed by atoms with Crippen LogP contribution in [0.5, 0.6) is 0 Å². The summed E-state index contributed by atoms with van der Waals surface area (Å²) < 4.78 is 23.0. The van der Waals surface area contributed by atoms with E-state index in [4.69, 9.17) is 5.73 Å². The number of sulfone groups is 1. The van der Waals surface area contributed by atoms with E-state index in [-0.39, 0.29) is 6.04 Å². The molecule has 3 nitrogen and oxygen atoms in total. The number of rotatable bonds is 5. The fourth-order valence-corrected chi connectivity index (χ4v) is 3.30. The van der Waals surface area contributed by atoms with E-state index >= 15 is 0 Å². The molecule has 0 amide bonds. The third kappa shape index (κ3) is 3.89. The molecular weight excluding hydrogens is 278 g/mol. The zero-order valence-electron chi connectivity index (χ0n) is 10.7. The van der Waals surface area contributed by atoms with E-state index in [0.29, 0.717) is 4.90 Å². The minimum atomic E-state index is -3.17. The quantitative estimate of drug-likeness (QED) is 0.922. The molecule has 2 rings (SSSR count). The van der Waals surface area contributed by atoms with Crippen LogP contribution in [0.1, 0.15) is 22.9 Å². The summed E-state index contributed by atoms with van der Waals surface area (Å²) in [5, 5.41) is 2.05. The summed E-state index contributed by atoms with van der Waals surface area (Å²) in [4.78, 5) is 1.63. The van der Waals surface area contributed by atoms with Crippen LogP contribution >= 0.6 is 11.3 Å². The Morgan fingerprint density at radius 1 is 1.26 bits per heavy atom. The molecule has 0 spiro atoms. The Morgan fingerprint density at radius 2 is 2.05 bits per heavy atom. The molecular formula is C14H17NO2S2. The van der Waals surface area contributed by atoms with Gasteiger partial charge in [0, 0.05) is 17.2 Å². The van der Waals surface area contributed by atoms with Crippen molar-refractivity contribution >= 4 is 21.2 Å². The zero-order valence-corrected chi connectivity index (χ0v) is 12.4. The minimum Gasteiger partial charge on any atom is -0.324 e. The monoisotopic (exact) mass is 295 g/mol. The lowest BCUT2D eigenvalue weighted by molar-refractivity contribution is 0.601. The van der Waals surface area contributed by atoms with Crippen molar-refractivity contribution in [2.24, 2.45) is 5.73 Å². The maximum Gasteiger partial charge on any atom is 0.175 e. The van der Waals surface area contributed by atoms with Crippen LogP contribution in [0.4, 0.5) is 0 Å². The van der Waals surface area contributed by atoms with Crippen LogP contribution in [0.25, 0.3) is 0 Å². The smallest absolute Gasteiger partial charge is 0.175 e. The molecule has 1 atom stereocenters. The summed E-state index contributed by atoms with van der Waals surface area (Å²) in [6.07, 6.45) is 2.94. The summed E-state index contributed by atoms with van der Waals surface area (Å²) in [7, 11) is -3.17. The minimum absolute atomic E-state index is 0.135. The van der Waals surface area contributed by atoms with Crippen LogP contribution in [0.15, 0.2) is 46.7 Å². The highest BCUT2D eigenvalue weighted by atomic mass is 32.2. The molecule has 0 fully saturated rings. The molecule has 1 unspecified atom stereocenters. The highest BCUT2D eigenvalue weighted by Crippen LogP contribution is 2.21. The fraction of sp³-hybridized carbons (Fsp3) is 0.286. The molecule has 102 valence electrons. The van der Waals surface area contributed by atoms with E-state index in [0.717, 1.165) is 18.4 Å². The maximum absolute atomic E-state index is 11.5. The van der Waals surface area contributed by atoms with Gasteiger partial charge in [0.25, 0.3) is 0 Å². The van der Waals surface area contributed by atoms with Gasteiger partial charge in [-0.25, -0.2) is 8.42 Å². The first-order valence-corrected chi connectivity index (χ1v) is 8.82. The van der Waals surface area contributed by atoms with Crippen LogP contribution in [0, 0.1) is 0 Å². The molecule has 0 radical (unpaired) electrons. The van der Waals surface area contributed by atoms with Gasteiger partial charge in [-0.1, -0.05) is 18.2 Å². The van der Waals surface area contributed by atoms with Gasteiger partial charge in [-0.3, -0.25) is 0 Å². The molecule has 1 aromatic heterocycles. The van der Waals surface area contributed by atoms with Gasteiger partial charge < -0.3 is 5.73 Å². The van der Waals surface area contributed by atoms with Gasteiger partial charge in [0.05, 0.1) is 4.90 Å². The molecule has 0 aliphatic rings. The predicted octanol–water partition coefficient (Wildman–Crippen LogP) is 2.78. The molecule has 0 aliphatic carbocycles. The molecule has 0 saturated heterocycles. The lowest BCUT2D eigenvalue weighted by Crippen LogP contribution is -2.12. The largest absolute Gasteiger partial charge is 0.324 e. The van der Waals surface area contributed by atoms with E-state index in [1.807, 2.05) is 17.5 Å². The molecule has 0 saturated carbocycles. The van der Waals surface area contributed by atoms with Gasteiger partial charge in [-0.15, -0.1) is 11.3 Å². The first-order chi connectivity index (χ1) is 8.97. The highest BCUT2D eigenvalue weighted by Gasteiger charge is 2.11. The number of nitrogens with two attached hydrogens (primary N) is 1. The van der Waals surface area contributed by atoms with Crippen LogP contribution in [0.3, 0.4) is 0 Å². The van der Waals surface area contributed by atoms with Crippen LogP contribution in [0.2, 0.25) is 0 Å². The molecule has 2 aromatic rings. The normalized spacial score (nSPS) is 13.4. The second-order valence-electron chi connectivity index (χ2n) is 4.57. The van der Waals surface area contributed by atoms with Crippen molar-refractivity contribution in [3.63, 3.8) is 0 Å². The predicted molar refractivity (Wildman–Crippen MR) is 79.1 cm³/mol. The molecule has 0 aliphatic heterocycles. The molecule has 5 heteroatoms. The third-order valence-corrected chi connectivity index (χ3v) is 5.04. The maximum atomic E-state index is 11.5. The Hall–Kier alpha value is -1.17. The van der Waals surface area contributed by atoms with Gasteiger partial charge in [0.15, 0.2) is 9.84 Å². The standard InChI is InChI=1S/C14H17NO2S2/c1-19(16,17)13-6-2-4-11(10-13)14(15)8-7-12-5-3-9-18-12/h2-6,9-10,14H,7-8,15H2,1H3. The molecule has 19 heavy (non-hydrogen) atoms. The van der Waals surface area contributed by atoms with Crippen molar-refractivity contribution in [3.05, 3.63) is 52.2 Å². The Morgan fingerprint density at radius 3 is 2.68 bits per heavy atom. The summed E-state index contributed by atoms with van der Waals surface area (Å²) in [6.45, 7) is 0. The van der Waals surface area contributed by atoms with Crippen molar-refractivity contribution in [3.8, 4) is 0 Å². The summed E-state index contributed by atoms with van der Waals surface area (Å²) in [6, 6.07) is 10.9. The summed E-state index contributed by atoms with van der Waals surface area (Å²) >= 11 is 1.72. The van der Waals surface area contributed by atoms with E-state index in [9.17, 15) is 8.42 Å². The molecule has 0 bridgehead atoms. The number of thiophene rings is 1. The fourth-order valence-electron chi connectivity index (χ4n) is 1.90. The SMILES string of the molecule is CS(=O)(=O)c1cccc(C(N)CCc2cccs2)c1. The summed E-state index contributed by atoms with van der Waals surface area (Å²) in [5.41, 5.74) is 7.01. The molecule has 2 N–H and O–H groups in total. The van der Waals surface area contributed by atoms with Crippen LogP contribution in [-0.4, -0.2) is 14.7 Å². The number of hydrogen-bond donors (Lipinski definition) is 1. The Labute approximate surface area is 118 Å². The van der Waals surface area contributed by atoms with Crippen molar-refractivity contribution in [2.45, 2.75) is 23.8 Å². The number of aryl methyl sites for hydroxylation is 1. The average molecular weight is 295 g/mol. The van der Waals surface area contributed by atoms with E-state index < -0.39 is 9.84 Å². The lowest BCUT2D eigenvalue weighted by Gasteiger charge is -2.12. The van der Waals surface area contributed by atoms with Crippen molar-refractivity contribution in [2.75, 3.05) is 6.26 Å². The Bertz CT molecular complexity index is 633. The lowest BCUT2D eigenvalue weighted by atomic mass is 10.0. The van der Waals surface area contributed by atoms with Gasteiger partial charge in [0.2, 0.25) is 0 Å². The van der Waals surface area contributed by atoms with Gasteiger partial charge in [-0.2, -0.15) is 0 Å². The van der Waals surface area contributed by atoms with E-state index in [1.165, 1.54) is 11.1 Å². The van der Waals surface area contributed by atoms with Crippen molar-refractivity contribution < 1.29 is 8.42 Å². The topological polar surface area (TPSA) is 60.2 Å². The number of hydrogen-bond acceptors (Lipinski definition) is 4. The summed E-state index contributed by atoms with van der Waals surface area (Å²) in [5.74, 6) is 0.